The van der Waals surface area contributed by atoms with E-state index in [0.717, 1.165) is 11.1 Å². The van der Waals surface area contributed by atoms with E-state index in [1.54, 1.807) is 87.3 Å². The smallest absolute Gasteiger partial charge is 0.244 e. The Morgan fingerprint density at radius 3 is 2.05 bits per heavy atom. The predicted octanol–water partition coefficient (Wildman–Crippen LogP) is 6.48. The van der Waals surface area contributed by atoms with Gasteiger partial charge in [-0.15, -0.1) is 0 Å². The van der Waals surface area contributed by atoms with E-state index >= 15 is 0 Å². The number of methoxy groups -OCH3 is 2. The van der Waals surface area contributed by atoms with Crippen LogP contribution in [0.2, 0.25) is 5.02 Å². The van der Waals surface area contributed by atoms with E-state index in [2.05, 4.69) is 10.3 Å². The minimum atomic E-state index is -4.11. The quantitative estimate of drug-likeness (QED) is 0.183. The number of nitrogens with zero attached hydrogens (tertiary/aromatic N) is 2. The van der Waals surface area contributed by atoms with Gasteiger partial charge in [-0.05, 0) is 65.2 Å². The Hall–Kier alpha value is -4.44. The second-order valence-electron chi connectivity index (χ2n) is 9.86. The lowest BCUT2D eigenvalue weighted by molar-refractivity contribution is -0.115. The molecule has 0 saturated carbocycles. The van der Waals surface area contributed by atoms with Crippen molar-refractivity contribution in [1.29, 1.82) is 0 Å². The van der Waals surface area contributed by atoms with E-state index < -0.39 is 10.0 Å². The van der Waals surface area contributed by atoms with E-state index in [4.69, 9.17) is 21.1 Å². The molecule has 0 atom stereocenters. The first kappa shape index (κ1) is 30.0. The third-order valence-corrected chi connectivity index (χ3v) is 9.16. The van der Waals surface area contributed by atoms with Gasteiger partial charge in [-0.1, -0.05) is 54.1 Å². The molecule has 5 rings (SSSR count). The highest BCUT2D eigenvalue weighted by Crippen LogP contribution is 2.32. The van der Waals surface area contributed by atoms with Crippen LogP contribution in [0.25, 0.3) is 10.8 Å². The Morgan fingerprint density at radius 2 is 1.47 bits per heavy atom. The van der Waals surface area contributed by atoms with Crippen molar-refractivity contribution in [2.75, 3.05) is 19.5 Å². The zero-order valence-electron chi connectivity index (χ0n) is 23.7. The summed E-state index contributed by atoms with van der Waals surface area (Å²) in [6.07, 6.45) is 3.16. The standard InChI is InChI=1S/C33H30ClN3O5S/c1-41-28-11-7-23(8-12-28)21-37(22-24-9-13-29(42-2)14-10-24)43(39,40)32-19-27(17-26-20-35-16-15-30(26)32)36-33(38)18-25-5-3-4-6-31(25)34/h3-17,19-20H,18,21-22H2,1-2H3,(H,36,38). The number of hydrogen-bond acceptors (Lipinski definition) is 6. The van der Waals surface area contributed by atoms with Gasteiger partial charge in [0.2, 0.25) is 15.9 Å². The fraction of sp³-hybridized carbons (Fsp3) is 0.152. The van der Waals surface area contributed by atoms with Crippen LogP contribution in [0, 0.1) is 0 Å². The molecule has 0 aliphatic carbocycles. The molecule has 0 unspecified atom stereocenters. The molecular weight excluding hydrogens is 586 g/mol. The molecule has 0 aliphatic rings. The van der Waals surface area contributed by atoms with Gasteiger partial charge in [-0.3, -0.25) is 9.78 Å². The fourth-order valence-electron chi connectivity index (χ4n) is 4.71. The van der Waals surface area contributed by atoms with Gasteiger partial charge in [0.1, 0.15) is 11.5 Å². The second kappa shape index (κ2) is 13.2. The van der Waals surface area contributed by atoms with Gasteiger partial charge < -0.3 is 14.8 Å². The molecule has 1 heterocycles. The number of carbonyl (C=O) groups excluding carboxylic acids is 1. The number of carbonyl (C=O) groups is 1. The Morgan fingerprint density at radius 1 is 0.860 bits per heavy atom. The van der Waals surface area contributed by atoms with Crippen LogP contribution in [0.3, 0.4) is 0 Å². The van der Waals surface area contributed by atoms with Gasteiger partial charge in [-0.2, -0.15) is 4.31 Å². The van der Waals surface area contributed by atoms with Crippen molar-refractivity contribution in [1.82, 2.24) is 9.29 Å². The highest BCUT2D eigenvalue weighted by Gasteiger charge is 2.28. The zero-order chi connectivity index (χ0) is 30.4. The number of fused-ring (bicyclic) bond motifs is 1. The Bertz CT molecular complexity index is 1800. The van der Waals surface area contributed by atoms with E-state index in [-0.39, 0.29) is 30.3 Å². The molecule has 0 saturated heterocycles. The van der Waals surface area contributed by atoms with Crippen LogP contribution in [0.5, 0.6) is 11.5 Å². The highest BCUT2D eigenvalue weighted by molar-refractivity contribution is 7.89. The van der Waals surface area contributed by atoms with Crippen molar-refractivity contribution in [3.05, 3.63) is 125 Å². The van der Waals surface area contributed by atoms with Gasteiger partial charge in [0.15, 0.2) is 0 Å². The molecule has 1 N–H and O–H groups in total. The van der Waals surface area contributed by atoms with Crippen molar-refractivity contribution in [2.24, 2.45) is 0 Å². The number of pyridine rings is 1. The lowest BCUT2D eigenvalue weighted by atomic mass is 10.1. The number of rotatable bonds is 11. The fourth-order valence-corrected chi connectivity index (χ4v) is 6.57. The topological polar surface area (TPSA) is 97.8 Å². The SMILES string of the molecule is COc1ccc(CN(Cc2ccc(OC)cc2)S(=O)(=O)c2cc(NC(=O)Cc3ccccc3Cl)cc3cnccc23)cc1. The summed E-state index contributed by atoms with van der Waals surface area (Å²) >= 11 is 6.25. The molecule has 4 aromatic carbocycles. The van der Waals surface area contributed by atoms with Gasteiger partial charge >= 0.3 is 0 Å². The van der Waals surface area contributed by atoms with Crippen molar-refractivity contribution < 1.29 is 22.7 Å². The number of nitrogens with one attached hydrogen (secondary N) is 1. The van der Waals surface area contributed by atoms with Crippen LogP contribution in [0.15, 0.2) is 108 Å². The summed E-state index contributed by atoms with van der Waals surface area (Å²) in [5.74, 6) is 1.02. The molecule has 0 fully saturated rings. The van der Waals surface area contributed by atoms with Crippen LogP contribution in [-0.2, 0) is 34.3 Å². The average Bonchev–Trinajstić information content (AvgIpc) is 3.02. The summed E-state index contributed by atoms with van der Waals surface area (Å²) in [7, 11) is -0.951. The molecule has 8 nitrogen and oxygen atoms in total. The average molecular weight is 616 g/mol. The Balaban J connectivity index is 1.53. The van der Waals surface area contributed by atoms with Crippen LogP contribution < -0.4 is 14.8 Å². The van der Waals surface area contributed by atoms with Gasteiger partial charge in [0, 0.05) is 47.0 Å². The molecular formula is C33H30ClN3O5S. The maximum atomic E-state index is 14.5. The predicted molar refractivity (Wildman–Crippen MR) is 168 cm³/mol. The number of sulfonamides is 1. The number of benzene rings is 4. The van der Waals surface area contributed by atoms with Crippen molar-refractivity contribution >= 4 is 44.0 Å². The molecule has 1 amide bonds. The van der Waals surface area contributed by atoms with Crippen molar-refractivity contribution in [3.8, 4) is 11.5 Å². The van der Waals surface area contributed by atoms with Gasteiger partial charge in [-0.25, -0.2) is 8.42 Å². The van der Waals surface area contributed by atoms with Crippen LogP contribution in [0.4, 0.5) is 5.69 Å². The summed E-state index contributed by atoms with van der Waals surface area (Å²) < 4.78 is 41.0. The van der Waals surface area contributed by atoms with E-state index in [1.807, 2.05) is 24.3 Å². The Kier molecular flexibility index (Phi) is 9.25. The molecule has 5 aromatic rings. The van der Waals surface area contributed by atoms with Crippen LogP contribution in [0.1, 0.15) is 16.7 Å². The van der Waals surface area contributed by atoms with Crippen LogP contribution >= 0.6 is 11.6 Å². The molecule has 0 spiro atoms. The Labute approximate surface area is 255 Å². The van der Waals surface area contributed by atoms with Gasteiger partial charge in [0.05, 0.1) is 25.5 Å². The zero-order valence-corrected chi connectivity index (χ0v) is 25.2. The number of halogens is 1. The molecule has 10 heteroatoms. The molecule has 0 bridgehead atoms. The highest BCUT2D eigenvalue weighted by atomic mass is 35.5. The lowest BCUT2D eigenvalue weighted by Gasteiger charge is -2.24. The summed E-state index contributed by atoms with van der Waals surface area (Å²) in [6.45, 7) is 0.210. The molecule has 1 aromatic heterocycles. The van der Waals surface area contributed by atoms with E-state index in [9.17, 15) is 13.2 Å². The number of aromatic nitrogens is 1. The van der Waals surface area contributed by atoms with Crippen molar-refractivity contribution in [2.45, 2.75) is 24.4 Å². The maximum absolute atomic E-state index is 14.5. The lowest BCUT2D eigenvalue weighted by Crippen LogP contribution is -2.30. The maximum Gasteiger partial charge on any atom is 0.244 e. The van der Waals surface area contributed by atoms with E-state index in [1.165, 1.54) is 10.4 Å². The first-order valence-electron chi connectivity index (χ1n) is 13.4. The summed E-state index contributed by atoms with van der Waals surface area (Å²) in [5, 5.41) is 4.40. The second-order valence-corrected chi connectivity index (χ2v) is 12.2. The minimum absolute atomic E-state index is 0.0356. The summed E-state index contributed by atoms with van der Waals surface area (Å²) in [4.78, 5) is 17.2. The third-order valence-electron chi connectivity index (χ3n) is 6.96. The monoisotopic (exact) mass is 615 g/mol. The molecule has 43 heavy (non-hydrogen) atoms. The number of hydrogen-bond donors (Lipinski definition) is 1. The summed E-state index contributed by atoms with van der Waals surface area (Å²) in [5.41, 5.74) is 2.58. The molecule has 0 aliphatic heterocycles. The normalized spacial score (nSPS) is 11.4. The molecule has 0 radical (unpaired) electrons. The first-order valence-corrected chi connectivity index (χ1v) is 15.3. The first-order chi connectivity index (χ1) is 20.8. The number of ether oxygens (including phenoxy) is 2. The molecule has 220 valence electrons. The summed E-state index contributed by atoms with van der Waals surface area (Å²) in [6, 6.07) is 26.5. The van der Waals surface area contributed by atoms with Crippen LogP contribution in [-0.4, -0.2) is 37.8 Å². The van der Waals surface area contributed by atoms with E-state index in [0.29, 0.717) is 38.5 Å². The van der Waals surface area contributed by atoms with Gasteiger partial charge in [0.25, 0.3) is 0 Å². The third kappa shape index (κ3) is 7.14. The number of amides is 1. The minimum Gasteiger partial charge on any atom is -0.497 e. The number of anilines is 1. The largest absolute Gasteiger partial charge is 0.497 e. The van der Waals surface area contributed by atoms with Crippen molar-refractivity contribution in [3.63, 3.8) is 0 Å².